The minimum atomic E-state index is -0.878. The molecule has 2 N–H and O–H groups in total. The summed E-state index contributed by atoms with van der Waals surface area (Å²) in [4.78, 5) is 21.3. The number of aliphatic carboxylic acids is 1. The van der Waals surface area contributed by atoms with Gasteiger partial charge in [0, 0.05) is 13.2 Å². The number of amides is 1. The zero-order valence-corrected chi connectivity index (χ0v) is 10.6. The van der Waals surface area contributed by atoms with Gasteiger partial charge in [-0.15, -0.1) is 0 Å². The van der Waals surface area contributed by atoms with Gasteiger partial charge in [0.05, 0.1) is 13.0 Å². The molecule has 0 saturated carbocycles. The minimum absolute atomic E-state index is 0.000502. The highest BCUT2D eigenvalue weighted by atomic mass is 16.6. The number of carbonyl (C=O) groups is 2. The second kappa shape index (κ2) is 7.89. The molecule has 6 heteroatoms. The molecule has 100 valence electrons. The van der Waals surface area contributed by atoms with E-state index in [9.17, 15) is 9.59 Å². The molecular weight excluding hydrogens is 226 g/mol. The van der Waals surface area contributed by atoms with E-state index < -0.39 is 17.7 Å². The first kappa shape index (κ1) is 15.7. The predicted molar refractivity (Wildman–Crippen MR) is 61.9 cm³/mol. The molecule has 0 bridgehead atoms. The van der Waals surface area contributed by atoms with Crippen LogP contribution in [-0.4, -0.2) is 42.5 Å². The van der Waals surface area contributed by atoms with Crippen LogP contribution < -0.4 is 5.32 Å². The van der Waals surface area contributed by atoms with E-state index in [-0.39, 0.29) is 13.0 Å². The maximum Gasteiger partial charge on any atom is 0.407 e. The molecular formula is C11H21NO5. The van der Waals surface area contributed by atoms with Crippen LogP contribution in [0.3, 0.4) is 0 Å². The fourth-order valence-electron chi connectivity index (χ4n) is 0.940. The van der Waals surface area contributed by atoms with Gasteiger partial charge in [-0.2, -0.15) is 0 Å². The van der Waals surface area contributed by atoms with Gasteiger partial charge in [-0.05, 0) is 27.2 Å². The van der Waals surface area contributed by atoms with E-state index in [1.165, 1.54) is 0 Å². The average Bonchev–Trinajstić information content (AvgIpc) is 2.12. The summed E-state index contributed by atoms with van der Waals surface area (Å²) in [6, 6.07) is 0. The number of alkyl carbamates (subject to hydrolysis) is 1. The van der Waals surface area contributed by atoms with Crippen LogP contribution in [0.25, 0.3) is 0 Å². The second-order valence-electron chi connectivity index (χ2n) is 4.54. The molecule has 1 amide bonds. The van der Waals surface area contributed by atoms with Crippen LogP contribution in [-0.2, 0) is 14.3 Å². The lowest BCUT2D eigenvalue weighted by atomic mass is 10.2. The largest absolute Gasteiger partial charge is 0.481 e. The topological polar surface area (TPSA) is 84.9 Å². The SMILES string of the molecule is CC(C)(C)OC(=O)NCCCOCCC(=O)O. The number of carboxylic acids is 1. The van der Waals surface area contributed by atoms with Crippen LogP contribution in [0.15, 0.2) is 0 Å². The van der Waals surface area contributed by atoms with E-state index in [0.717, 1.165) is 0 Å². The van der Waals surface area contributed by atoms with Crippen LogP contribution in [0, 0.1) is 0 Å². The number of rotatable bonds is 7. The number of ether oxygens (including phenoxy) is 2. The lowest BCUT2D eigenvalue weighted by molar-refractivity contribution is -0.138. The van der Waals surface area contributed by atoms with Crippen molar-refractivity contribution in [2.24, 2.45) is 0 Å². The Morgan fingerprint density at radius 1 is 1.24 bits per heavy atom. The minimum Gasteiger partial charge on any atom is -0.481 e. The van der Waals surface area contributed by atoms with E-state index in [0.29, 0.717) is 19.6 Å². The van der Waals surface area contributed by atoms with Crippen molar-refractivity contribution in [3.63, 3.8) is 0 Å². The van der Waals surface area contributed by atoms with Crippen molar-refractivity contribution in [1.82, 2.24) is 5.32 Å². The molecule has 0 aromatic rings. The number of carbonyl (C=O) groups excluding carboxylic acids is 1. The maximum atomic E-state index is 11.2. The highest BCUT2D eigenvalue weighted by Gasteiger charge is 2.15. The number of carboxylic acid groups (broad SMARTS) is 1. The fourth-order valence-corrected chi connectivity index (χ4v) is 0.940. The molecule has 0 aliphatic rings. The Labute approximate surface area is 101 Å². The Bertz CT molecular complexity index is 247. The first-order valence-electron chi connectivity index (χ1n) is 5.57. The van der Waals surface area contributed by atoms with E-state index in [4.69, 9.17) is 14.6 Å². The summed E-state index contributed by atoms with van der Waals surface area (Å²) in [6.07, 6.45) is 0.168. The molecule has 0 unspecified atom stereocenters. The van der Waals surface area contributed by atoms with Crippen LogP contribution in [0.2, 0.25) is 0 Å². The van der Waals surface area contributed by atoms with Crippen molar-refractivity contribution in [1.29, 1.82) is 0 Å². The predicted octanol–water partition coefficient (Wildman–Crippen LogP) is 1.39. The first-order valence-corrected chi connectivity index (χ1v) is 5.57. The molecule has 0 spiro atoms. The molecule has 0 heterocycles. The van der Waals surface area contributed by atoms with E-state index >= 15 is 0 Å². The molecule has 0 aliphatic carbocycles. The third-order valence-corrected chi connectivity index (χ3v) is 1.59. The van der Waals surface area contributed by atoms with E-state index in [1.54, 1.807) is 20.8 Å². The van der Waals surface area contributed by atoms with Gasteiger partial charge in [0.15, 0.2) is 0 Å². The van der Waals surface area contributed by atoms with Crippen LogP contribution in [0.1, 0.15) is 33.6 Å². The molecule has 0 rings (SSSR count). The van der Waals surface area contributed by atoms with E-state index in [1.807, 2.05) is 0 Å². The van der Waals surface area contributed by atoms with Crippen LogP contribution >= 0.6 is 0 Å². The lowest BCUT2D eigenvalue weighted by Gasteiger charge is -2.19. The Balaban J connectivity index is 3.34. The van der Waals surface area contributed by atoms with Gasteiger partial charge in [-0.1, -0.05) is 0 Å². The van der Waals surface area contributed by atoms with Crippen LogP contribution in [0.4, 0.5) is 4.79 Å². The molecule has 0 saturated heterocycles. The van der Waals surface area contributed by atoms with Crippen molar-refractivity contribution in [2.75, 3.05) is 19.8 Å². The zero-order valence-electron chi connectivity index (χ0n) is 10.6. The van der Waals surface area contributed by atoms with Crippen molar-refractivity contribution in [2.45, 2.75) is 39.2 Å². The Morgan fingerprint density at radius 2 is 1.88 bits per heavy atom. The van der Waals surface area contributed by atoms with Crippen LogP contribution in [0.5, 0.6) is 0 Å². The van der Waals surface area contributed by atoms with Crippen molar-refractivity contribution in [3.05, 3.63) is 0 Å². The van der Waals surface area contributed by atoms with Gasteiger partial charge in [0.1, 0.15) is 5.60 Å². The number of hydrogen-bond donors (Lipinski definition) is 2. The van der Waals surface area contributed by atoms with Crippen molar-refractivity contribution in [3.8, 4) is 0 Å². The second-order valence-corrected chi connectivity index (χ2v) is 4.54. The number of hydrogen-bond acceptors (Lipinski definition) is 4. The summed E-state index contributed by atoms with van der Waals surface area (Å²) in [6.45, 7) is 6.44. The smallest absolute Gasteiger partial charge is 0.407 e. The molecule has 0 aliphatic heterocycles. The normalized spacial score (nSPS) is 11.0. The number of nitrogens with one attached hydrogen (secondary N) is 1. The molecule has 0 aromatic heterocycles. The van der Waals surface area contributed by atoms with Gasteiger partial charge in [-0.25, -0.2) is 4.79 Å². The van der Waals surface area contributed by atoms with Gasteiger partial charge < -0.3 is 19.9 Å². The Morgan fingerprint density at radius 3 is 2.41 bits per heavy atom. The van der Waals surface area contributed by atoms with Gasteiger partial charge in [-0.3, -0.25) is 4.79 Å². The highest BCUT2D eigenvalue weighted by Crippen LogP contribution is 2.06. The summed E-state index contributed by atoms with van der Waals surface area (Å²) in [5.74, 6) is -0.878. The third-order valence-electron chi connectivity index (χ3n) is 1.59. The highest BCUT2D eigenvalue weighted by molar-refractivity contribution is 5.67. The molecule has 17 heavy (non-hydrogen) atoms. The summed E-state index contributed by atoms with van der Waals surface area (Å²) >= 11 is 0. The summed E-state index contributed by atoms with van der Waals surface area (Å²) in [5, 5.41) is 10.9. The first-order chi connectivity index (χ1) is 7.81. The Hall–Kier alpha value is -1.30. The molecule has 0 radical (unpaired) electrons. The summed E-state index contributed by atoms with van der Waals surface area (Å²) < 4.78 is 10.1. The standard InChI is InChI=1S/C11H21NO5/c1-11(2,3)17-10(15)12-6-4-7-16-8-5-9(13)14/h4-8H2,1-3H3,(H,12,15)(H,13,14). The quantitative estimate of drug-likeness (QED) is 0.664. The van der Waals surface area contributed by atoms with Gasteiger partial charge in [0.2, 0.25) is 0 Å². The Kier molecular flexibility index (Phi) is 7.29. The third kappa shape index (κ3) is 12.6. The summed E-state index contributed by atoms with van der Waals surface area (Å²) in [5.41, 5.74) is -0.498. The molecule has 0 atom stereocenters. The molecule has 0 aromatic carbocycles. The average molecular weight is 247 g/mol. The maximum absolute atomic E-state index is 11.2. The fraction of sp³-hybridized carbons (Fsp3) is 0.818. The van der Waals surface area contributed by atoms with Gasteiger partial charge in [0.25, 0.3) is 0 Å². The summed E-state index contributed by atoms with van der Waals surface area (Å²) in [7, 11) is 0. The van der Waals surface area contributed by atoms with Crippen molar-refractivity contribution < 1.29 is 24.2 Å². The monoisotopic (exact) mass is 247 g/mol. The lowest BCUT2D eigenvalue weighted by Crippen LogP contribution is -2.33. The molecule has 0 fully saturated rings. The van der Waals surface area contributed by atoms with Gasteiger partial charge >= 0.3 is 12.1 Å². The van der Waals surface area contributed by atoms with Crippen molar-refractivity contribution >= 4 is 12.1 Å². The molecule has 6 nitrogen and oxygen atoms in total. The zero-order chi connectivity index (χ0) is 13.3. The van der Waals surface area contributed by atoms with E-state index in [2.05, 4.69) is 5.32 Å².